The SMILES string of the molecule is Cc1cc(-c2nnc(/C(Cl)=C/c3ccc([N+](=O)[O-])cc3)o2)c(C)o1. The Labute approximate surface area is 141 Å². The Morgan fingerprint density at radius 2 is 1.92 bits per heavy atom. The summed E-state index contributed by atoms with van der Waals surface area (Å²) in [5, 5.41) is 18.8. The van der Waals surface area contributed by atoms with E-state index < -0.39 is 4.92 Å². The van der Waals surface area contributed by atoms with Gasteiger partial charge in [0, 0.05) is 12.1 Å². The van der Waals surface area contributed by atoms with E-state index in [0.29, 0.717) is 22.8 Å². The molecule has 2 aromatic heterocycles. The first-order valence-electron chi connectivity index (χ1n) is 6.97. The summed E-state index contributed by atoms with van der Waals surface area (Å²) in [7, 11) is 0. The average molecular weight is 346 g/mol. The number of nitro benzene ring substituents is 1. The predicted molar refractivity (Wildman–Crippen MR) is 88.3 cm³/mol. The molecular formula is C16H12ClN3O4. The summed E-state index contributed by atoms with van der Waals surface area (Å²) in [5.41, 5.74) is 1.40. The molecule has 122 valence electrons. The number of halogens is 1. The summed E-state index contributed by atoms with van der Waals surface area (Å²) in [5.74, 6) is 1.89. The van der Waals surface area contributed by atoms with Gasteiger partial charge in [0.1, 0.15) is 16.6 Å². The number of aryl methyl sites for hydroxylation is 2. The van der Waals surface area contributed by atoms with Gasteiger partial charge in [-0.3, -0.25) is 10.1 Å². The van der Waals surface area contributed by atoms with Gasteiger partial charge in [-0.05, 0) is 43.7 Å². The fourth-order valence-corrected chi connectivity index (χ4v) is 2.37. The summed E-state index contributed by atoms with van der Waals surface area (Å²) in [4.78, 5) is 10.2. The second kappa shape index (κ2) is 6.29. The van der Waals surface area contributed by atoms with Crippen molar-refractivity contribution in [3.63, 3.8) is 0 Å². The highest BCUT2D eigenvalue weighted by atomic mass is 35.5. The van der Waals surface area contributed by atoms with E-state index in [2.05, 4.69) is 10.2 Å². The number of non-ortho nitro benzene ring substituents is 1. The smallest absolute Gasteiger partial charge is 0.269 e. The highest BCUT2D eigenvalue weighted by Gasteiger charge is 2.16. The van der Waals surface area contributed by atoms with Gasteiger partial charge in [-0.2, -0.15) is 0 Å². The molecule has 0 unspecified atom stereocenters. The second-order valence-electron chi connectivity index (χ2n) is 5.08. The monoisotopic (exact) mass is 345 g/mol. The highest BCUT2D eigenvalue weighted by Crippen LogP contribution is 2.29. The number of hydrogen-bond acceptors (Lipinski definition) is 6. The Balaban J connectivity index is 1.86. The quantitative estimate of drug-likeness (QED) is 0.506. The van der Waals surface area contributed by atoms with Gasteiger partial charge >= 0.3 is 0 Å². The Morgan fingerprint density at radius 3 is 2.50 bits per heavy atom. The van der Waals surface area contributed by atoms with Crippen molar-refractivity contribution in [3.8, 4) is 11.5 Å². The largest absolute Gasteiger partial charge is 0.466 e. The molecule has 1 aromatic carbocycles. The van der Waals surface area contributed by atoms with Crippen LogP contribution in [0.2, 0.25) is 0 Å². The number of nitrogens with zero attached hydrogens (tertiary/aromatic N) is 3. The van der Waals surface area contributed by atoms with Crippen molar-refractivity contribution in [3.05, 3.63) is 63.4 Å². The van der Waals surface area contributed by atoms with Crippen LogP contribution in [0.1, 0.15) is 23.0 Å². The molecule has 0 amide bonds. The minimum Gasteiger partial charge on any atom is -0.466 e. The number of aromatic nitrogens is 2. The highest BCUT2D eigenvalue weighted by molar-refractivity contribution is 6.50. The van der Waals surface area contributed by atoms with Gasteiger partial charge in [0.25, 0.3) is 17.5 Å². The molecular weight excluding hydrogens is 334 g/mol. The minimum absolute atomic E-state index is 0.00847. The van der Waals surface area contributed by atoms with E-state index >= 15 is 0 Å². The summed E-state index contributed by atoms with van der Waals surface area (Å²) in [6.45, 7) is 3.63. The summed E-state index contributed by atoms with van der Waals surface area (Å²) < 4.78 is 11.0. The maximum Gasteiger partial charge on any atom is 0.269 e. The number of nitro groups is 1. The van der Waals surface area contributed by atoms with Crippen LogP contribution in [0.25, 0.3) is 22.6 Å². The van der Waals surface area contributed by atoms with Crippen molar-refractivity contribution < 1.29 is 13.8 Å². The zero-order valence-electron chi connectivity index (χ0n) is 12.8. The topological polar surface area (TPSA) is 95.2 Å². The fourth-order valence-electron chi connectivity index (χ4n) is 2.17. The van der Waals surface area contributed by atoms with E-state index in [-0.39, 0.29) is 16.6 Å². The van der Waals surface area contributed by atoms with Crippen molar-refractivity contribution >= 4 is 28.4 Å². The fraction of sp³-hybridized carbons (Fsp3) is 0.125. The van der Waals surface area contributed by atoms with E-state index in [1.54, 1.807) is 31.2 Å². The maximum absolute atomic E-state index is 10.6. The lowest BCUT2D eigenvalue weighted by Gasteiger charge is -1.95. The van der Waals surface area contributed by atoms with Crippen LogP contribution in [-0.4, -0.2) is 15.1 Å². The lowest BCUT2D eigenvalue weighted by atomic mass is 10.2. The van der Waals surface area contributed by atoms with Gasteiger partial charge in [0.15, 0.2) is 0 Å². The second-order valence-corrected chi connectivity index (χ2v) is 5.49. The van der Waals surface area contributed by atoms with E-state index in [0.717, 1.165) is 5.76 Å². The molecule has 0 aliphatic rings. The van der Waals surface area contributed by atoms with Crippen molar-refractivity contribution in [2.45, 2.75) is 13.8 Å². The van der Waals surface area contributed by atoms with Crippen LogP contribution in [0.4, 0.5) is 5.69 Å². The van der Waals surface area contributed by atoms with Crippen LogP contribution in [0, 0.1) is 24.0 Å². The molecule has 0 N–H and O–H groups in total. The molecule has 2 heterocycles. The van der Waals surface area contributed by atoms with E-state index in [1.807, 2.05) is 6.92 Å². The molecule has 0 fully saturated rings. The average Bonchev–Trinajstić information content (AvgIpc) is 3.14. The number of benzene rings is 1. The molecule has 0 saturated heterocycles. The van der Waals surface area contributed by atoms with Crippen LogP contribution in [0.15, 0.2) is 39.2 Å². The van der Waals surface area contributed by atoms with Crippen LogP contribution in [-0.2, 0) is 0 Å². The van der Waals surface area contributed by atoms with Crippen LogP contribution in [0.3, 0.4) is 0 Å². The van der Waals surface area contributed by atoms with Gasteiger partial charge in [-0.15, -0.1) is 10.2 Å². The maximum atomic E-state index is 10.6. The first-order chi connectivity index (χ1) is 11.4. The van der Waals surface area contributed by atoms with Crippen molar-refractivity contribution in [1.29, 1.82) is 0 Å². The van der Waals surface area contributed by atoms with Gasteiger partial charge in [0.05, 0.1) is 10.5 Å². The van der Waals surface area contributed by atoms with Crippen LogP contribution in [0.5, 0.6) is 0 Å². The zero-order valence-corrected chi connectivity index (χ0v) is 13.6. The summed E-state index contributed by atoms with van der Waals surface area (Å²) >= 11 is 6.20. The Kier molecular flexibility index (Phi) is 4.18. The molecule has 0 aliphatic heterocycles. The lowest BCUT2D eigenvalue weighted by Crippen LogP contribution is -1.86. The third-order valence-corrected chi connectivity index (χ3v) is 3.57. The number of rotatable bonds is 4. The Morgan fingerprint density at radius 1 is 1.21 bits per heavy atom. The molecule has 0 saturated carbocycles. The van der Waals surface area contributed by atoms with Gasteiger partial charge in [0.2, 0.25) is 0 Å². The van der Waals surface area contributed by atoms with Crippen molar-refractivity contribution in [1.82, 2.24) is 10.2 Å². The Hall–Kier alpha value is -2.93. The standard InChI is InChI=1S/C16H12ClN3O4/c1-9-7-13(10(2)23-9)15-18-19-16(24-15)14(17)8-11-3-5-12(6-4-11)20(21)22/h3-8H,1-2H3/b14-8-. The first-order valence-corrected chi connectivity index (χ1v) is 7.35. The molecule has 0 radical (unpaired) electrons. The molecule has 0 atom stereocenters. The lowest BCUT2D eigenvalue weighted by molar-refractivity contribution is -0.384. The molecule has 3 rings (SSSR count). The molecule has 0 aliphatic carbocycles. The normalized spacial score (nSPS) is 11.7. The van der Waals surface area contributed by atoms with E-state index in [4.69, 9.17) is 20.4 Å². The molecule has 24 heavy (non-hydrogen) atoms. The van der Waals surface area contributed by atoms with Crippen LogP contribution >= 0.6 is 11.6 Å². The van der Waals surface area contributed by atoms with Gasteiger partial charge < -0.3 is 8.83 Å². The summed E-state index contributed by atoms with van der Waals surface area (Å²) in [6.07, 6.45) is 1.59. The third-order valence-electron chi connectivity index (χ3n) is 3.30. The van der Waals surface area contributed by atoms with Crippen LogP contribution < -0.4 is 0 Å². The molecule has 0 bridgehead atoms. The molecule has 8 heteroatoms. The van der Waals surface area contributed by atoms with Gasteiger partial charge in [-0.25, -0.2) is 0 Å². The molecule has 3 aromatic rings. The summed E-state index contributed by atoms with van der Waals surface area (Å²) in [6, 6.07) is 7.77. The first kappa shape index (κ1) is 15.9. The third kappa shape index (κ3) is 3.21. The van der Waals surface area contributed by atoms with Crippen molar-refractivity contribution in [2.24, 2.45) is 0 Å². The number of furan rings is 1. The van der Waals surface area contributed by atoms with Crippen molar-refractivity contribution in [2.75, 3.05) is 0 Å². The molecule has 0 spiro atoms. The predicted octanol–water partition coefficient (Wildman–Crippen LogP) is 4.59. The van der Waals surface area contributed by atoms with E-state index in [1.165, 1.54) is 12.1 Å². The Bertz CT molecular complexity index is 925. The zero-order chi connectivity index (χ0) is 17.3. The van der Waals surface area contributed by atoms with Gasteiger partial charge in [-0.1, -0.05) is 11.6 Å². The minimum atomic E-state index is -0.464. The number of hydrogen-bond donors (Lipinski definition) is 0. The molecule has 7 nitrogen and oxygen atoms in total. The van der Waals surface area contributed by atoms with E-state index in [9.17, 15) is 10.1 Å².